The van der Waals surface area contributed by atoms with E-state index in [1.165, 1.54) is 115 Å². The van der Waals surface area contributed by atoms with E-state index in [9.17, 15) is 0 Å². The van der Waals surface area contributed by atoms with Crippen LogP contribution in [-0.2, 0) is 0 Å². The highest BCUT2D eigenvalue weighted by Gasteiger charge is 1.95. The quantitative estimate of drug-likeness (QED) is 0.234. The van der Waals surface area contributed by atoms with E-state index in [0.29, 0.717) is 0 Å². The molecule has 0 spiro atoms. The number of thioether (sulfide) groups is 1. The van der Waals surface area contributed by atoms with Gasteiger partial charge >= 0.3 is 0 Å². The molecule has 0 heterocycles. The molecule has 0 aliphatic carbocycles. The van der Waals surface area contributed by atoms with Crippen molar-refractivity contribution >= 4 is 11.8 Å². The summed E-state index contributed by atoms with van der Waals surface area (Å²) in [4.78, 5) is 0. The summed E-state index contributed by atoms with van der Waals surface area (Å²) in [5, 5.41) is 0. The molecule has 0 saturated carbocycles. The molecular formula is C21H45NS. The van der Waals surface area contributed by atoms with E-state index >= 15 is 0 Å². The fourth-order valence-electron chi connectivity index (χ4n) is 3.11. The summed E-state index contributed by atoms with van der Waals surface area (Å²) >= 11 is 2.02. The van der Waals surface area contributed by atoms with Gasteiger partial charge in [0.05, 0.1) is 0 Å². The Balaban J connectivity index is 2.92. The maximum Gasteiger partial charge on any atom is 0.00558 e. The Morgan fingerprint density at radius 2 is 0.826 bits per heavy atom. The van der Waals surface area contributed by atoms with Gasteiger partial charge in [-0.25, -0.2) is 0 Å². The number of nitrogens with two attached hydrogens (primary N) is 1. The van der Waals surface area contributed by atoms with E-state index in [1.807, 2.05) is 11.8 Å². The molecule has 0 unspecified atom stereocenters. The number of rotatable bonds is 20. The molecule has 1 nitrogen and oxygen atoms in total. The van der Waals surface area contributed by atoms with Gasteiger partial charge in [0, 0.05) is 12.3 Å². The number of unbranched alkanes of at least 4 members (excludes halogenated alkanes) is 16. The molecule has 0 saturated heterocycles. The van der Waals surface area contributed by atoms with Gasteiger partial charge in [-0.2, -0.15) is 11.8 Å². The van der Waals surface area contributed by atoms with Crippen LogP contribution >= 0.6 is 11.8 Å². The Bertz CT molecular complexity index is 176. The van der Waals surface area contributed by atoms with Crippen LogP contribution < -0.4 is 5.73 Å². The van der Waals surface area contributed by atoms with Gasteiger partial charge in [-0.05, 0) is 12.2 Å². The molecule has 0 bridgehead atoms. The van der Waals surface area contributed by atoms with Gasteiger partial charge in [0.15, 0.2) is 0 Å². The summed E-state index contributed by atoms with van der Waals surface area (Å²) in [6, 6.07) is 0. The van der Waals surface area contributed by atoms with Gasteiger partial charge in [0.25, 0.3) is 0 Å². The zero-order valence-corrected chi connectivity index (χ0v) is 16.9. The zero-order valence-electron chi connectivity index (χ0n) is 16.1. The van der Waals surface area contributed by atoms with Crippen molar-refractivity contribution in [1.29, 1.82) is 0 Å². The van der Waals surface area contributed by atoms with Crippen LogP contribution in [-0.4, -0.2) is 18.1 Å². The Kier molecular flexibility index (Phi) is 22.6. The lowest BCUT2D eigenvalue weighted by Gasteiger charge is -2.04. The maximum absolute atomic E-state index is 5.48. The Hall–Kier alpha value is 0.310. The van der Waals surface area contributed by atoms with Crippen LogP contribution in [0.4, 0.5) is 0 Å². The molecule has 0 radical (unpaired) electrons. The lowest BCUT2D eigenvalue weighted by molar-refractivity contribution is 0.529. The van der Waals surface area contributed by atoms with Crippen molar-refractivity contribution in [3.8, 4) is 0 Å². The first kappa shape index (κ1) is 23.3. The predicted molar refractivity (Wildman–Crippen MR) is 111 cm³/mol. The predicted octanol–water partition coefficient (Wildman–Crippen LogP) is 7.33. The molecule has 0 rings (SSSR count). The smallest absolute Gasteiger partial charge is 0.00558 e. The van der Waals surface area contributed by atoms with Crippen molar-refractivity contribution in [3.63, 3.8) is 0 Å². The molecule has 0 aliphatic rings. The average molecular weight is 344 g/mol. The molecule has 0 aromatic carbocycles. The van der Waals surface area contributed by atoms with E-state index in [1.54, 1.807) is 0 Å². The van der Waals surface area contributed by atoms with Crippen LogP contribution in [0.1, 0.15) is 116 Å². The Labute approximate surface area is 152 Å². The third kappa shape index (κ3) is 22.3. The molecule has 0 amide bonds. The summed E-state index contributed by atoms with van der Waals surface area (Å²) in [5.41, 5.74) is 5.48. The molecule has 0 aromatic heterocycles. The second-order valence-electron chi connectivity index (χ2n) is 7.06. The summed E-state index contributed by atoms with van der Waals surface area (Å²) in [6.07, 6.45) is 24.7. The zero-order chi connectivity index (χ0) is 16.8. The van der Waals surface area contributed by atoms with Crippen molar-refractivity contribution in [3.05, 3.63) is 0 Å². The van der Waals surface area contributed by atoms with Crippen molar-refractivity contribution in [1.82, 2.24) is 0 Å². The van der Waals surface area contributed by atoms with E-state index < -0.39 is 0 Å². The first-order valence-corrected chi connectivity index (χ1v) is 11.8. The van der Waals surface area contributed by atoms with Crippen molar-refractivity contribution in [2.45, 2.75) is 116 Å². The van der Waals surface area contributed by atoms with Crippen LogP contribution in [0.3, 0.4) is 0 Å². The minimum Gasteiger partial charge on any atom is -0.330 e. The minimum absolute atomic E-state index is 0.837. The molecular weight excluding hydrogens is 298 g/mol. The maximum atomic E-state index is 5.48. The lowest BCUT2D eigenvalue weighted by atomic mass is 10.0. The van der Waals surface area contributed by atoms with E-state index in [4.69, 9.17) is 5.73 Å². The van der Waals surface area contributed by atoms with Crippen LogP contribution in [0, 0.1) is 0 Å². The molecule has 0 aromatic rings. The molecule has 0 fully saturated rings. The average Bonchev–Trinajstić information content (AvgIpc) is 2.57. The third-order valence-corrected chi connectivity index (χ3v) is 5.76. The highest BCUT2D eigenvalue weighted by Crippen LogP contribution is 2.14. The molecule has 0 aliphatic heterocycles. The highest BCUT2D eigenvalue weighted by molar-refractivity contribution is 7.99. The summed E-state index contributed by atoms with van der Waals surface area (Å²) in [7, 11) is 0. The summed E-state index contributed by atoms with van der Waals surface area (Å²) in [5.74, 6) is 2.45. The molecule has 23 heavy (non-hydrogen) atoms. The number of hydrogen-bond donors (Lipinski definition) is 1. The molecule has 2 N–H and O–H groups in total. The Morgan fingerprint density at radius 1 is 0.478 bits per heavy atom. The first-order chi connectivity index (χ1) is 11.4. The normalized spacial score (nSPS) is 11.2. The third-order valence-electron chi connectivity index (χ3n) is 4.65. The molecule has 2 heteroatoms. The van der Waals surface area contributed by atoms with Gasteiger partial charge in [-0.15, -0.1) is 0 Å². The van der Waals surface area contributed by atoms with Crippen molar-refractivity contribution in [2.24, 2.45) is 5.73 Å². The van der Waals surface area contributed by atoms with E-state index in [2.05, 4.69) is 6.92 Å². The van der Waals surface area contributed by atoms with E-state index in [-0.39, 0.29) is 0 Å². The largest absolute Gasteiger partial charge is 0.330 e. The molecule has 140 valence electrons. The van der Waals surface area contributed by atoms with Crippen LogP contribution in [0.25, 0.3) is 0 Å². The second-order valence-corrected chi connectivity index (χ2v) is 8.28. The van der Waals surface area contributed by atoms with Gasteiger partial charge in [0.2, 0.25) is 0 Å². The fraction of sp³-hybridized carbons (Fsp3) is 1.00. The minimum atomic E-state index is 0.837. The van der Waals surface area contributed by atoms with Gasteiger partial charge in [-0.1, -0.05) is 110 Å². The topological polar surface area (TPSA) is 26.0 Å². The van der Waals surface area contributed by atoms with Gasteiger partial charge in [-0.3, -0.25) is 0 Å². The van der Waals surface area contributed by atoms with Gasteiger partial charge < -0.3 is 5.73 Å². The Morgan fingerprint density at radius 3 is 1.17 bits per heavy atom. The highest BCUT2D eigenvalue weighted by atomic mass is 32.2. The fourth-order valence-corrected chi connectivity index (χ4v) is 3.89. The summed E-state index contributed by atoms with van der Waals surface area (Å²) < 4.78 is 0. The van der Waals surface area contributed by atoms with Crippen LogP contribution in [0.15, 0.2) is 0 Å². The van der Waals surface area contributed by atoms with E-state index in [0.717, 1.165) is 12.3 Å². The van der Waals surface area contributed by atoms with Crippen molar-refractivity contribution < 1.29 is 0 Å². The number of hydrogen-bond acceptors (Lipinski definition) is 2. The van der Waals surface area contributed by atoms with Crippen LogP contribution in [0.5, 0.6) is 0 Å². The monoisotopic (exact) mass is 343 g/mol. The van der Waals surface area contributed by atoms with Crippen LogP contribution in [0.2, 0.25) is 0 Å². The lowest BCUT2D eigenvalue weighted by Crippen LogP contribution is -2.01. The standard InChI is InChI=1S/C21H45NS/c1-2-3-4-5-6-7-8-9-10-11-12-13-14-15-16-17-18-20-23-21-19-22/h2-22H2,1H3. The van der Waals surface area contributed by atoms with Gasteiger partial charge in [0.1, 0.15) is 0 Å². The second kappa shape index (κ2) is 22.3. The molecule has 0 atom stereocenters. The SMILES string of the molecule is CCCCCCCCCCCCCCCCCCCSCCN. The first-order valence-electron chi connectivity index (χ1n) is 10.7. The summed E-state index contributed by atoms with van der Waals surface area (Å²) in [6.45, 7) is 3.13. The van der Waals surface area contributed by atoms with Crippen molar-refractivity contribution in [2.75, 3.05) is 18.1 Å².